The molecule has 0 heterocycles. The first kappa shape index (κ1) is 27.8. The number of esters is 1. The average molecular weight is 472 g/mol. The SMILES string of the molecule is CCNC(=O)CCC/C=C\CC1[C@@H](/C=C/[C@H](CCc2ccccc2)OC(=O)CC)[C@H](O)C[C@@H]1O. The van der Waals surface area contributed by atoms with Gasteiger partial charge < -0.3 is 20.3 Å². The van der Waals surface area contributed by atoms with Gasteiger partial charge in [-0.15, -0.1) is 0 Å². The summed E-state index contributed by atoms with van der Waals surface area (Å²) < 4.78 is 5.62. The van der Waals surface area contributed by atoms with E-state index in [-0.39, 0.29) is 29.8 Å². The van der Waals surface area contributed by atoms with Crippen LogP contribution < -0.4 is 5.32 Å². The second-order valence-corrected chi connectivity index (χ2v) is 8.96. The molecule has 6 nitrogen and oxygen atoms in total. The van der Waals surface area contributed by atoms with E-state index in [1.54, 1.807) is 6.92 Å². The van der Waals surface area contributed by atoms with Crippen LogP contribution >= 0.6 is 0 Å². The number of aliphatic hydroxyl groups is 2. The summed E-state index contributed by atoms with van der Waals surface area (Å²) in [7, 11) is 0. The number of hydrogen-bond acceptors (Lipinski definition) is 5. The molecule has 1 saturated carbocycles. The van der Waals surface area contributed by atoms with Gasteiger partial charge in [0.05, 0.1) is 12.2 Å². The molecule has 6 heteroatoms. The molecule has 3 N–H and O–H groups in total. The smallest absolute Gasteiger partial charge is 0.306 e. The van der Waals surface area contributed by atoms with Gasteiger partial charge in [-0.05, 0) is 56.6 Å². The van der Waals surface area contributed by atoms with Crippen LogP contribution in [-0.2, 0) is 20.7 Å². The number of nitrogens with one attached hydrogen (secondary N) is 1. The fourth-order valence-corrected chi connectivity index (χ4v) is 4.40. The van der Waals surface area contributed by atoms with Crippen molar-refractivity contribution in [1.82, 2.24) is 5.32 Å². The number of allylic oxidation sites excluding steroid dienone is 2. The standard InChI is InChI=1S/C28H41NO5/c1-3-28(33)34-22(17-16-21-12-8-7-9-13-21)18-19-24-23(25(30)20-26(24)31)14-10-5-6-11-15-27(32)29-4-2/h5,7-10,12-13,18-19,22-26,30-31H,3-4,6,11,14-17,20H2,1-2H3,(H,29,32)/b10-5-,19-18+/t22-,23?,24+,25-,26+/m0/s1. The predicted octanol–water partition coefficient (Wildman–Crippen LogP) is 4.11. The van der Waals surface area contributed by atoms with Gasteiger partial charge in [-0.1, -0.05) is 55.5 Å². The molecule has 188 valence electrons. The molecule has 0 aliphatic heterocycles. The lowest BCUT2D eigenvalue weighted by molar-refractivity contribution is -0.146. The number of rotatable bonds is 14. The fraction of sp³-hybridized carbons (Fsp3) is 0.571. The van der Waals surface area contributed by atoms with Crippen LogP contribution in [0, 0.1) is 11.8 Å². The molecule has 1 aromatic carbocycles. The normalized spacial score (nSPS) is 23.4. The van der Waals surface area contributed by atoms with Gasteiger partial charge in [0, 0.05) is 31.7 Å². The Kier molecular flexibility index (Phi) is 12.6. The largest absolute Gasteiger partial charge is 0.458 e. The minimum Gasteiger partial charge on any atom is -0.458 e. The Bertz CT molecular complexity index is 791. The van der Waals surface area contributed by atoms with Crippen LogP contribution in [0.1, 0.15) is 64.4 Å². The van der Waals surface area contributed by atoms with Gasteiger partial charge in [-0.2, -0.15) is 0 Å². The summed E-state index contributed by atoms with van der Waals surface area (Å²) in [6.07, 6.45) is 11.2. The number of aliphatic hydroxyl groups excluding tert-OH is 2. The first-order valence-electron chi connectivity index (χ1n) is 12.6. The zero-order valence-corrected chi connectivity index (χ0v) is 20.6. The lowest BCUT2D eigenvalue weighted by Crippen LogP contribution is -2.22. The zero-order chi connectivity index (χ0) is 24.8. The van der Waals surface area contributed by atoms with Crippen molar-refractivity contribution >= 4 is 11.9 Å². The molecule has 1 unspecified atom stereocenters. The number of benzene rings is 1. The van der Waals surface area contributed by atoms with Crippen molar-refractivity contribution in [3.8, 4) is 0 Å². The fourth-order valence-electron chi connectivity index (χ4n) is 4.40. The summed E-state index contributed by atoms with van der Waals surface area (Å²) in [4.78, 5) is 23.4. The molecule has 1 amide bonds. The van der Waals surface area contributed by atoms with E-state index >= 15 is 0 Å². The maximum Gasteiger partial charge on any atom is 0.306 e. The van der Waals surface area contributed by atoms with E-state index in [0.717, 1.165) is 19.3 Å². The summed E-state index contributed by atoms with van der Waals surface area (Å²) in [5.41, 5.74) is 1.18. The van der Waals surface area contributed by atoms with Gasteiger partial charge in [0.15, 0.2) is 0 Å². The quantitative estimate of drug-likeness (QED) is 0.216. The number of hydrogen-bond donors (Lipinski definition) is 3. The number of aryl methyl sites for hydroxylation is 1. The van der Waals surface area contributed by atoms with Gasteiger partial charge in [0.1, 0.15) is 6.10 Å². The van der Waals surface area contributed by atoms with Crippen LogP contribution in [0.15, 0.2) is 54.6 Å². The molecule has 0 spiro atoms. The van der Waals surface area contributed by atoms with E-state index in [9.17, 15) is 19.8 Å². The molecule has 0 radical (unpaired) electrons. The molecule has 0 saturated heterocycles. The Morgan fingerprint density at radius 2 is 1.91 bits per heavy atom. The second-order valence-electron chi connectivity index (χ2n) is 8.96. The molecule has 0 aromatic heterocycles. The molecule has 0 bridgehead atoms. The van der Waals surface area contributed by atoms with E-state index in [2.05, 4.69) is 17.4 Å². The molecule has 1 aliphatic carbocycles. The average Bonchev–Trinajstić information content (AvgIpc) is 3.10. The molecule has 5 atom stereocenters. The number of unbranched alkanes of at least 4 members (excludes halogenated alkanes) is 1. The van der Waals surface area contributed by atoms with Gasteiger partial charge in [0.25, 0.3) is 0 Å². The maximum atomic E-state index is 11.9. The van der Waals surface area contributed by atoms with Gasteiger partial charge >= 0.3 is 5.97 Å². The Balaban J connectivity index is 1.93. The lowest BCUT2D eigenvalue weighted by atomic mass is 9.89. The number of ether oxygens (including phenoxy) is 1. The Labute approximate surface area is 204 Å². The summed E-state index contributed by atoms with van der Waals surface area (Å²) >= 11 is 0. The summed E-state index contributed by atoms with van der Waals surface area (Å²) in [6.45, 7) is 4.33. The van der Waals surface area contributed by atoms with E-state index in [0.29, 0.717) is 38.6 Å². The summed E-state index contributed by atoms with van der Waals surface area (Å²) in [5, 5.41) is 23.8. The van der Waals surface area contributed by atoms with E-state index in [1.807, 2.05) is 49.4 Å². The minimum atomic E-state index is -0.626. The first-order valence-corrected chi connectivity index (χ1v) is 12.6. The van der Waals surface area contributed by atoms with Crippen LogP contribution in [-0.4, -0.2) is 46.9 Å². The van der Waals surface area contributed by atoms with Crippen LogP contribution in [0.5, 0.6) is 0 Å². The van der Waals surface area contributed by atoms with E-state index < -0.39 is 12.2 Å². The third-order valence-corrected chi connectivity index (χ3v) is 6.32. The second kappa shape index (κ2) is 15.5. The molecular weight excluding hydrogens is 430 g/mol. The summed E-state index contributed by atoms with van der Waals surface area (Å²) in [6, 6.07) is 10.1. The number of carbonyl (C=O) groups is 2. The highest BCUT2D eigenvalue weighted by Gasteiger charge is 2.39. The van der Waals surface area contributed by atoms with Crippen LogP contribution in [0.25, 0.3) is 0 Å². The van der Waals surface area contributed by atoms with E-state index in [4.69, 9.17) is 4.74 Å². The Morgan fingerprint density at radius 3 is 2.62 bits per heavy atom. The van der Waals surface area contributed by atoms with Gasteiger partial charge in [-0.25, -0.2) is 0 Å². The monoisotopic (exact) mass is 471 g/mol. The number of carbonyl (C=O) groups excluding carboxylic acids is 2. The highest BCUT2D eigenvalue weighted by Crippen LogP contribution is 2.36. The van der Waals surface area contributed by atoms with Gasteiger partial charge in [-0.3, -0.25) is 9.59 Å². The molecule has 2 rings (SSSR count). The Morgan fingerprint density at radius 1 is 1.15 bits per heavy atom. The number of amides is 1. The maximum absolute atomic E-state index is 11.9. The minimum absolute atomic E-state index is 0.0704. The predicted molar refractivity (Wildman–Crippen MR) is 134 cm³/mol. The third kappa shape index (κ3) is 9.82. The molecule has 34 heavy (non-hydrogen) atoms. The Hall–Kier alpha value is -2.44. The zero-order valence-electron chi connectivity index (χ0n) is 20.6. The van der Waals surface area contributed by atoms with Crippen molar-refractivity contribution < 1.29 is 24.5 Å². The molecule has 1 fully saturated rings. The molecule has 1 aliphatic rings. The first-order chi connectivity index (χ1) is 16.4. The van der Waals surface area contributed by atoms with Crippen LogP contribution in [0.2, 0.25) is 0 Å². The highest BCUT2D eigenvalue weighted by molar-refractivity contribution is 5.75. The lowest BCUT2D eigenvalue weighted by Gasteiger charge is -2.21. The van der Waals surface area contributed by atoms with Crippen molar-refractivity contribution in [2.45, 2.75) is 83.5 Å². The molecule has 1 aromatic rings. The van der Waals surface area contributed by atoms with E-state index in [1.165, 1.54) is 5.56 Å². The van der Waals surface area contributed by atoms with Crippen molar-refractivity contribution in [2.24, 2.45) is 11.8 Å². The van der Waals surface area contributed by atoms with Crippen molar-refractivity contribution in [1.29, 1.82) is 0 Å². The van der Waals surface area contributed by atoms with Crippen molar-refractivity contribution in [3.05, 3.63) is 60.2 Å². The van der Waals surface area contributed by atoms with Crippen molar-refractivity contribution in [2.75, 3.05) is 6.54 Å². The highest BCUT2D eigenvalue weighted by atomic mass is 16.5. The van der Waals surface area contributed by atoms with Gasteiger partial charge in [0.2, 0.25) is 5.91 Å². The molecular formula is C28H41NO5. The van der Waals surface area contributed by atoms with Crippen LogP contribution in [0.4, 0.5) is 0 Å². The van der Waals surface area contributed by atoms with Crippen LogP contribution in [0.3, 0.4) is 0 Å². The van der Waals surface area contributed by atoms with Crippen molar-refractivity contribution in [3.63, 3.8) is 0 Å². The topological polar surface area (TPSA) is 95.9 Å². The third-order valence-electron chi connectivity index (χ3n) is 6.32. The summed E-state index contributed by atoms with van der Waals surface area (Å²) in [5.74, 6) is -0.472.